The van der Waals surface area contributed by atoms with Crippen molar-refractivity contribution < 1.29 is 14.3 Å². The van der Waals surface area contributed by atoms with E-state index in [2.05, 4.69) is 5.32 Å². The van der Waals surface area contributed by atoms with Crippen LogP contribution in [0.2, 0.25) is 0 Å². The van der Waals surface area contributed by atoms with Crippen molar-refractivity contribution in [2.75, 3.05) is 20.7 Å². The van der Waals surface area contributed by atoms with Crippen LogP contribution in [0.5, 0.6) is 0 Å². The molecular formula is C14H18N2O3. The molecule has 5 nitrogen and oxygen atoms in total. The third-order valence-corrected chi connectivity index (χ3v) is 3.61. The minimum Gasteiger partial charge on any atom is -0.469 e. The molecule has 19 heavy (non-hydrogen) atoms. The van der Waals surface area contributed by atoms with E-state index in [1.54, 1.807) is 11.9 Å². The van der Waals surface area contributed by atoms with E-state index in [0.717, 1.165) is 11.1 Å². The first-order valence-corrected chi connectivity index (χ1v) is 6.23. The number of rotatable bonds is 3. The average Bonchev–Trinajstić information content (AvgIpc) is 2.77. The lowest BCUT2D eigenvalue weighted by molar-refractivity contribution is -0.141. The van der Waals surface area contributed by atoms with Gasteiger partial charge in [0.1, 0.15) is 0 Å². The van der Waals surface area contributed by atoms with Crippen molar-refractivity contribution in [1.29, 1.82) is 0 Å². The maximum absolute atomic E-state index is 11.5. The standard InChI is InChI=1S/C14H18N2O3/c1-9(13(17)19-3)10-4-6-11(7-5-10)12-8-15-14(18)16(12)2/h4-7,9,12H,8H2,1-3H3,(H,15,18)/t9-,12?/m0/s1. The van der Waals surface area contributed by atoms with Crippen LogP contribution in [0.3, 0.4) is 0 Å². The molecule has 2 amide bonds. The Hall–Kier alpha value is -2.04. The Labute approximate surface area is 112 Å². The average molecular weight is 262 g/mol. The Morgan fingerprint density at radius 2 is 2.05 bits per heavy atom. The van der Waals surface area contributed by atoms with E-state index in [-0.39, 0.29) is 24.0 Å². The predicted octanol–water partition coefficient (Wildman–Crippen LogP) is 1.66. The van der Waals surface area contributed by atoms with Gasteiger partial charge < -0.3 is 15.0 Å². The molecule has 0 bridgehead atoms. The SMILES string of the molecule is COC(=O)[C@@H](C)c1ccc(C2CNC(=O)N2C)cc1. The fourth-order valence-electron chi connectivity index (χ4n) is 2.25. The molecule has 1 N–H and O–H groups in total. The monoisotopic (exact) mass is 262 g/mol. The molecule has 5 heteroatoms. The summed E-state index contributed by atoms with van der Waals surface area (Å²) in [6.07, 6.45) is 0. The zero-order valence-corrected chi connectivity index (χ0v) is 11.3. The zero-order chi connectivity index (χ0) is 14.0. The smallest absolute Gasteiger partial charge is 0.317 e. The normalized spacial score (nSPS) is 20.1. The lowest BCUT2D eigenvalue weighted by Crippen LogP contribution is -2.25. The van der Waals surface area contributed by atoms with Crippen molar-refractivity contribution in [3.05, 3.63) is 35.4 Å². The van der Waals surface area contributed by atoms with Crippen molar-refractivity contribution in [2.45, 2.75) is 18.9 Å². The molecule has 1 aromatic carbocycles. The van der Waals surface area contributed by atoms with Crippen LogP contribution in [-0.2, 0) is 9.53 Å². The topological polar surface area (TPSA) is 58.6 Å². The first-order valence-electron chi connectivity index (χ1n) is 6.23. The molecule has 1 fully saturated rings. The third-order valence-electron chi connectivity index (χ3n) is 3.61. The molecule has 0 saturated carbocycles. The molecule has 2 atom stereocenters. The summed E-state index contributed by atoms with van der Waals surface area (Å²) in [5.41, 5.74) is 1.97. The van der Waals surface area contributed by atoms with Gasteiger partial charge in [0, 0.05) is 13.6 Å². The van der Waals surface area contributed by atoms with Crippen LogP contribution in [0.4, 0.5) is 4.79 Å². The number of methoxy groups -OCH3 is 1. The van der Waals surface area contributed by atoms with Crippen molar-refractivity contribution >= 4 is 12.0 Å². The Balaban J connectivity index is 2.15. The van der Waals surface area contributed by atoms with Crippen LogP contribution in [0.15, 0.2) is 24.3 Å². The first-order chi connectivity index (χ1) is 9.04. The number of carbonyl (C=O) groups excluding carboxylic acids is 2. The number of nitrogens with one attached hydrogen (secondary N) is 1. The second-order valence-electron chi connectivity index (χ2n) is 4.72. The lowest BCUT2D eigenvalue weighted by atomic mass is 9.98. The van der Waals surface area contributed by atoms with Gasteiger partial charge in [-0.3, -0.25) is 4.79 Å². The summed E-state index contributed by atoms with van der Waals surface area (Å²) < 4.78 is 4.73. The molecule has 1 aliphatic heterocycles. The number of ether oxygens (including phenoxy) is 1. The van der Waals surface area contributed by atoms with E-state index in [1.807, 2.05) is 31.2 Å². The minimum atomic E-state index is -0.278. The predicted molar refractivity (Wildman–Crippen MR) is 70.8 cm³/mol. The van der Waals surface area contributed by atoms with Crippen LogP contribution >= 0.6 is 0 Å². The van der Waals surface area contributed by atoms with Gasteiger partial charge in [0.2, 0.25) is 0 Å². The van der Waals surface area contributed by atoms with Gasteiger partial charge >= 0.3 is 12.0 Å². The van der Waals surface area contributed by atoms with Crippen LogP contribution in [0.1, 0.15) is 30.0 Å². The zero-order valence-electron chi connectivity index (χ0n) is 11.3. The number of likely N-dealkylation sites (N-methyl/N-ethyl adjacent to an activating group) is 1. The Kier molecular flexibility index (Phi) is 3.74. The molecule has 0 spiro atoms. The maximum atomic E-state index is 11.5. The van der Waals surface area contributed by atoms with Crippen LogP contribution in [0.25, 0.3) is 0 Å². The van der Waals surface area contributed by atoms with Crippen LogP contribution < -0.4 is 5.32 Å². The second-order valence-corrected chi connectivity index (χ2v) is 4.72. The van der Waals surface area contributed by atoms with Crippen molar-refractivity contribution in [1.82, 2.24) is 10.2 Å². The highest BCUT2D eigenvalue weighted by molar-refractivity contribution is 5.78. The van der Waals surface area contributed by atoms with Gasteiger partial charge in [0.05, 0.1) is 19.1 Å². The number of amides is 2. The van der Waals surface area contributed by atoms with Gasteiger partial charge in [-0.1, -0.05) is 24.3 Å². The van der Waals surface area contributed by atoms with E-state index >= 15 is 0 Å². The number of benzene rings is 1. The Bertz CT molecular complexity index is 484. The molecule has 0 aliphatic carbocycles. The van der Waals surface area contributed by atoms with E-state index in [0.29, 0.717) is 6.54 Å². The van der Waals surface area contributed by atoms with Crippen LogP contribution in [0, 0.1) is 0 Å². The highest BCUT2D eigenvalue weighted by atomic mass is 16.5. The largest absolute Gasteiger partial charge is 0.469 e. The molecular weight excluding hydrogens is 244 g/mol. The number of carbonyl (C=O) groups is 2. The number of nitrogens with zero attached hydrogens (tertiary/aromatic N) is 1. The molecule has 0 aromatic heterocycles. The van der Waals surface area contributed by atoms with E-state index in [4.69, 9.17) is 4.74 Å². The first kappa shape index (κ1) is 13.4. The number of urea groups is 1. The lowest BCUT2D eigenvalue weighted by Gasteiger charge is -2.19. The number of hydrogen-bond donors (Lipinski definition) is 1. The molecule has 1 aromatic rings. The van der Waals surface area contributed by atoms with E-state index < -0.39 is 0 Å². The van der Waals surface area contributed by atoms with Gasteiger partial charge in [-0.15, -0.1) is 0 Å². The molecule has 102 valence electrons. The molecule has 1 heterocycles. The van der Waals surface area contributed by atoms with Crippen molar-refractivity contribution in [3.8, 4) is 0 Å². The number of hydrogen-bond acceptors (Lipinski definition) is 3. The maximum Gasteiger partial charge on any atom is 0.317 e. The minimum absolute atomic E-state index is 0.0509. The fourth-order valence-corrected chi connectivity index (χ4v) is 2.25. The summed E-state index contributed by atoms with van der Waals surface area (Å²) in [5.74, 6) is -0.525. The van der Waals surface area contributed by atoms with Gasteiger partial charge in [0.15, 0.2) is 0 Å². The molecule has 2 rings (SSSR count). The molecule has 1 unspecified atom stereocenters. The van der Waals surface area contributed by atoms with Crippen LogP contribution in [-0.4, -0.2) is 37.6 Å². The third kappa shape index (κ3) is 2.54. The number of esters is 1. The summed E-state index contributed by atoms with van der Waals surface area (Å²) >= 11 is 0. The van der Waals surface area contributed by atoms with E-state index in [1.165, 1.54) is 7.11 Å². The summed E-state index contributed by atoms with van der Waals surface area (Å²) in [4.78, 5) is 24.6. The van der Waals surface area contributed by atoms with Gasteiger partial charge in [-0.25, -0.2) is 4.79 Å². The Morgan fingerprint density at radius 3 is 2.53 bits per heavy atom. The summed E-state index contributed by atoms with van der Waals surface area (Å²) in [5, 5.41) is 2.80. The summed E-state index contributed by atoms with van der Waals surface area (Å²) in [6.45, 7) is 2.43. The van der Waals surface area contributed by atoms with Gasteiger partial charge in [-0.2, -0.15) is 0 Å². The highest BCUT2D eigenvalue weighted by Crippen LogP contribution is 2.25. The van der Waals surface area contributed by atoms with Gasteiger partial charge in [-0.05, 0) is 18.1 Å². The Morgan fingerprint density at radius 1 is 1.42 bits per heavy atom. The van der Waals surface area contributed by atoms with E-state index in [9.17, 15) is 9.59 Å². The highest BCUT2D eigenvalue weighted by Gasteiger charge is 2.28. The van der Waals surface area contributed by atoms with Gasteiger partial charge in [0.25, 0.3) is 0 Å². The molecule has 0 radical (unpaired) electrons. The second kappa shape index (κ2) is 5.30. The summed E-state index contributed by atoms with van der Waals surface area (Å²) in [7, 11) is 3.16. The fraction of sp³-hybridized carbons (Fsp3) is 0.429. The summed E-state index contributed by atoms with van der Waals surface area (Å²) in [6, 6.07) is 7.72. The molecule has 1 saturated heterocycles. The quantitative estimate of drug-likeness (QED) is 0.843. The van der Waals surface area contributed by atoms with Crippen molar-refractivity contribution in [3.63, 3.8) is 0 Å². The molecule has 1 aliphatic rings. The van der Waals surface area contributed by atoms with Crippen molar-refractivity contribution in [2.24, 2.45) is 0 Å².